The van der Waals surface area contributed by atoms with Crippen molar-refractivity contribution in [2.45, 2.75) is 18.5 Å². The number of benzene rings is 1. The Bertz CT molecular complexity index is 468. The largest absolute Gasteiger partial charge is 0.467 e. The molecule has 0 unspecified atom stereocenters. The SMILES string of the molecule is COC(=O)[C@@H]1C[C@@H](N)c2c(Cl)cc(Cl)cc2N1.Cl. The summed E-state index contributed by atoms with van der Waals surface area (Å²) >= 11 is 12.0. The number of carbonyl (C=O) groups excluding carboxylic acids is 1. The molecule has 1 aliphatic rings. The van der Waals surface area contributed by atoms with Crippen LogP contribution in [0.2, 0.25) is 10.0 Å². The van der Waals surface area contributed by atoms with E-state index in [0.29, 0.717) is 22.2 Å². The summed E-state index contributed by atoms with van der Waals surface area (Å²) in [4.78, 5) is 11.5. The Labute approximate surface area is 121 Å². The van der Waals surface area contributed by atoms with Crippen molar-refractivity contribution >= 4 is 47.3 Å². The van der Waals surface area contributed by atoms with Gasteiger partial charge >= 0.3 is 5.97 Å². The van der Waals surface area contributed by atoms with E-state index >= 15 is 0 Å². The lowest BCUT2D eigenvalue weighted by molar-refractivity contribution is -0.141. The van der Waals surface area contributed by atoms with Gasteiger partial charge in [0, 0.05) is 27.3 Å². The molecule has 7 heteroatoms. The number of rotatable bonds is 1. The van der Waals surface area contributed by atoms with E-state index in [0.717, 1.165) is 5.56 Å². The fraction of sp³-hybridized carbons (Fsp3) is 0.364. The summed E-state index contributed by atoms with van der Waals surface area (Å²) in [5, 5.41) is 4.05. The van der Waals surface area contributed by atoms with Crippen LogP contribution in [-0.4, -0.2) is 19.1 Å². The molecule has 0 fully saturated rings. The molecule has 3 N–H and O–H groups in total. The lowest BCUT2D eigenvalue weighted by atomic mass is 9.93. The average Bonchev–Trinajstić information content (AvgIpc) is 2.26. The molecule has 0 spiro atoms. The van der Waals surface area contributed by atoms with Gasteiger partial charge < -0.3 is 15.8 Å². The van der Waals surface area contributed by atoms with Crippen LogP contribution >= 0.6 is 35.6 Å². The Kier molecular flexibility index (Phi) is 5.10. The summed E-state index contributed by atoms with van der Waals surface area (Å²) in [6.07, 6.45) is 0.445. The highest BCUT2D eigenvalue weighted by Gasteiger charge is 2.31. The quantitative estimate of drug-likeness (QED) is 0.783. The second-order valence-electron chi connectivity index (χ2n) is 3.91. The Balaban J connectivity index is 0.00000162. The van der Waals surface area contributed by atoms with Gasteiger partial charge in [-0.15, -0.1) is 12.4 Å². The van der Waals surface area contributed by atoms with Gasteiger partial charge in [-0.1, -0.05) is 23.2 Å². The molecule has 2 rings (SSSR count). The lowest BCUT2D eigenvalue weighted by Gasteiger charge is -2.30. The minimum Gasteiger partial charge on any atom is -0.467 e. The summed E-state index contributed by atoms with van der Waals surface area (Å²) in [5.74, 6) is -0.345. The Morgan fingerprint density at radius 2 is 2.17 bits per heavy atom. The molecule has 18 heavy (non-hydrogen) atoms. The monoisotopic (exact) mass is 310 g/mol. The van der Waals surface area contributed by atoms with E-state index in [2.05, 4.69) is 5.32 Å². The molecule has 0 radical (unpaired) electrons. The van der Waals surface area contributed by atoms with Gasteiger partial charge in [-0.2, -0.15) is 0 Å². The summed E-state index contributed by atoms with van der Waals surface area (Å²) in [6, 6.07) is 2.58. The highest BCUT2D eigenvalue weighted by molar-refractivity contribution is 6.35. The second kappa shape index (κ2) is 5.97. The van der Waals surface area contributed by atoms with E-state index in [-0.39, 0.29) is 24.4 Å². The van der Waals surface area contributed by atoms with Gasteiger partial charge in [-0.05, 0) is 18.6 Å². The first-order valence-corrected chi connectivity index (χ1v) is 5.87. The number of nitrogens with two attached hydrogens (primary N) is 1. The van der Waals surface area contributed by atoms with Crippen molar-refractivity contribution in [2.24, 2.45) is 5.73 Å². The van der Waals surface area contributed by atoms with Crippen LogP contribution in [0.1, 0.15) is 18.0 Å². The smallest absolute Gasteiger partial charge is 0.328 e. The molecule has 4 nitrogen and oxygen atoms in total. The summed E-state index contributed by atoms with van der Waals surface area (Å²) in [7, 11) is 1.34. The molecular formula is C11H13Cl3N2O2. The van der Waals surface area contributed by atoms with Crippen molar-refractivity contribution in [1.82, 2.24) is 0 Å². The van der Waals surface area contributed by atoms with E-state index in [1.807, 2.05) is 0 Å². The van der Waals surface area contributed by atoms with Crippen molar-refractivity contribution in [3.05, 3.63) is 27.7 Å². The number of fused-ring (bicyclic) bond motifs is 1. The molecule has 0 amide bonds. The molecule has 1 heterocycles. The number of esters is 1. The molecule has 0 bridgehead atoms. The first kappa shape index (κ1) is 15.4. The first-order chi connectivity index (χ1) is 8.02. The van der Waals surface area contributed by atoms with Gasteiger partial charge in [0.25, 0.3) is 0 Å². The minimum atomic E-state index is -0.461. The fourth-order valence-electron chi connectivity index (χ4n) is 2.00. The number of nitrogens with one attached hydrogen (secondary N) is 1. The van der Waals surface area contributed by atoms with E-state index in [1.54, 1.807) is 12.1 Å². The fourth-order valence-corrected chi connectivity index (χ4v) is 2.63. The van der Waals surface area contributed by atoms with Crippen LogP contribution in [-0.2, 0) is 9.53 Å². The number of hydrogen-bond acceptors (Lipinski definition) is 4. The van der Waals surface area contributed by atoms with Gasteiger partial charge in [0.1, 0.15) is 6.04 Å². The minimum absolute atomic E-state index is 0. The predicted molar refractivity (Wildman–Crippen MR) is 74.7 cm³/mol. The zero-order chi connectivity index (χ0) is 12.6. The van der Waals surface area contributed by atoms with Gasteiger partial charge in [-0.3, -0.25) is 0 Å². The van der Waals surface area contributed by atoms with Crippen LogP contribution in [0.5, 0.6) is 0 Å². The molecule has 1 aromatic carbocycles. The van der Waals surface area contributed by atoms with Gasteiger partial charge in [0.15, 0.2) is 0 Å². The number of methoxy groups -OCH3 is 1. The third-order valence-electron chi connectivity index (χ3n) is 2.77. The molecule has 0 saturated heterocycles. The first-order valence-electron chi connectivity index (χ1n) is 5.12. The third kappa shape index (κ3) is 2.83. The van der Waals surface area contributed by atoms with Crippen LogP contribution in [0.4, 0.5) is 5.69 Å². The number of halogens is 3. The Morgan fingerprint density at radius 3 is 2.78 bits per heavy atom. The van der Waals surface area contributed by atoms with Crippen molar-refractivity contribution in [3.63, 3.8) is 0 Å². The molecular weight excluding hydrogens is 298 g/mol. The van der Waals surface area contributed by atoms with Crippen LogP contribution in [0.3, 0.4) is 0 Å². The van der Waals surface area contributed by atoms with Crippen LogP contribution in [0.15, 0.2) is 12.1 Å². The van der Waals surface area contributed by atoms with Crippen LogP contribution < -0.4 is 11.1 Å². The van der Waals surface area contributed by atoms with Crippen molar-refractivity contribution in [2.75, 3.05) is 12.4 Å². The summed E-state index contributed by atoms with van der Waals surface area (Å²) in [6.45, 7) is 0. The van der Waals surface area contributed by atoms with Crippen molar-refractivity contribution < 1.29 is 9.53 Å². The highest BCUT2D eigenvalue weighted by Crippen LogP contribution is 2.38. The molecule has 100 valence electrons. The van der Waals surface area contributed by atoms with Gasteiger partial charge in [0.2, 0.25) is 0 Å². The highest BCUT2D eigenvalue weighted by atomic mass is 35.5. The summed E-state index contributed by atoms with van der Waals surface area (Å²) in [5.41, 5.74) is 7.48. The maximum Gasteiger partial charge on any atom is 0.328 e. The maximum absolute atomic E-state index is 11.5. The number of carbonyl (C=O) groups is 1. The Morgan fingerprint density at radius 1 is 1.50 bits per heavy atom. The maximum atomic E-state index is 11.5. The van der Waals surface area contributed by atoms with E-state index in [1.165, 1.54) is 7.11 Å². The lowest BCUT2D eigenvalue weighted by Crippen LogP contribution is -2.38. The molecule has 1 aliphatic heterocycles. The zero-order valence-electron chi connectivity index (χ0n) is 9.57. The van der Waals surface area contributed by atoms with E-state index in [9.17, 15) is 4.79 Å². The van der Waals surface area contributed by atoms with Crippen molar-refractivity contribution in [1.29, 1.82) is 0 Å². The molecule has 2 atom stereocenters. The normalized spacial score (nSPS) is 21.3. The number of anilines is 1. The zero-order valence-corrected chi connectivity index (χ0v) is 11.9. The van der Waals surface area contributed by atoms with Crippen LogP contribution in [0, 0.1) is 0 Å². The molecule has 1 aromatic rings. The van der Waals surface area contributed by atoms with E-state index in [4.69, 9.17) is 33.7 Å². The average molecular weight is 312 g/mol. The van der Waals surface area contributed by atoms with E-state index < -0.39 is 6.04 Å². The van der Waals surface area contributed by atoms with Crippen molar-refractivity contribution in [3.8, 4) is 0 Å². The number of hydrogen-bond donors (Lipinski definition) is 2. The predicted octanol–water partition coefficient (Wildman–Crippen LogP) is 2.77. The molecule has 0 aliphatic carbocycles. The Hall–Kier alpha value is -0.680. The van der Waals surface area contributed by atoms with Gasteiger partial charge in [-0.25, -0.2) is 4.79 Å². The van der Waals surface area contributed by atoms with Crippen LogP contribution in [0.25, 0.3) is 0 Å². The second-order valence-corrected chi connectivity index (χ2v) is 4.75. The van der Waals surface area contributed by atoms with Gasteiger partial charge in [0.05, 0.1) is 7.11 Å². The molecule has 0 aromatic heterocycles. The standard InChI is InChI=1S/C11H12Cl2N2O2.ClH/c1-17-11(16)9-4-7(14)10-6(13)2-5(12)3-8(10)15-9;/h2-3,7,9,15H,4,14H2,1H3;1H/t7-,9+;/m1./s1. The molecule has 0 saturated carbocycles. The number of ether oxygens (including phenoxy) is 1. The topological polar surface area (TPSA) is 64.3 Å². The third-order valence-corrected chi connectivity index (χ3v) is 3.30. The summed E-state index contributed by atoms with van der Waals surface area (Å²) < 4.78 is 4.69.